The molecule has 6 heteroatoms. The third-order valence-electron chi connectivity index (χ3n) is 6.76. The van der Waals surface area contributed by atoms with Gasteiger partial charge in [0.2, 0.25) is 11.8 Å². The molecule has 3 aromatic rings. The van der Waals surface area contributed by atoms with Crippen molar-refractivity contribution in [2.75, 3.05) is 4.90 Å². The molecule has 1 saturated carbocycles. The maximum Gasteiger partial charge on any atom is 0.248 e. The average molecular weight is 460 g/mol. The second kappa shape index (κ2) is 9.87. The highest BCUT2D eigenvalue weighted by Gasteiger charge is 2.34. The van der Waals surface area contributed by atoms with Gasteiger partial charge in [-0.1, -0.05) is 25.0 Å². The van der Waals surface area contributed by atoms with Gasteiger partial charge < -0.3 is 5.32 Å². The van der Waals surface area contributed by atoms with Crippen LogP contribution < -0.4 is 10.2 Å². The highest BCUT2D eigenvalue weighted by atomic mass is 32.1. The fraction of sp³-hybridized carbons (Fsp3) is 0.370. The molecule has 0 saturated heterocycles. The number of rotatable bonds is 7. The largest absolute Gasteiger partial charge is 0.351 e. The number of hydrogen-bond donors (Lipinski definition) is 1. The number of pyridine rings is 1. The van der Waals surface area contributed by atoms with Crippen LogP contribution in [0, 0.1) is 0 Å². The predicted octanol–water partition coefficient (Wildman–Crippen LogP) is 5.01. The molecule has 2 heterocycles. The van der Waals surface area contributed by atoms with Crippen molar-refractivity contribution in [3.05, 3.63) is 81.8 Å². The molecule has 0 unspecified atom stereocenters. The Labute approximate surface area is 198 Å². The van der Waals surface area contributed by atoms with Crippen LogP contribution in [0.15, 0.2) is 60.2 Å². The normalized spacial score (nSPS) is 16.4. The maximum atomic E-state index is 13.8. The third-order valence-corrected chi connectivity index (χ3v) is 7.64. The number of benzene rings is 1. The molecule has 33 heavy (non-hydrogen) atoms. The van der Waals surface area contributed by atoms with Gasteiger partial charge in [-0.3, -0.25) is 19.5 Å². The predicted molar refractivity (Wildman–Crippen MR) is 131 cm³/mol. The lowest BCUT2D eigenvalue weighted by Crippen LogP contribution is -2.46. The maximum absolute atomic E-state index is 13.8. The number of amides is 2. The highest BCUT2D eigenvalue weighted by molar-refractivity contribution is 7.10. The molecule has 2 aliphatic carbocycles. The Morgan fingerprint density at radius 2 is 1.82 bits per heavy atom. The number of nitrogens with one attached hydrogen (secondary N) is 1. The van der Waals surface area contributed by atoms with E-state index in [-0.39, 0.29) is 24.3 Å². The van der Waals surface area contributed by atoms with E-state index in [2.05, 4.69) is 22.4 Å². The van der Waals surface area contributed by atoms with E-state index in [0.717, 1.165) is 61.1 Å². The first-order valence-electron chi connectivity index (χ1n) is 11.9. The first kappa shape index (κ1) is 21.8. The Balaban J connectivity index is 1.55. The average Bonchev–Trinajstić information content (AvgIpc) is 3.60. The summed E-state index contributed by atoms with van der Waals surface area (Å²) in [5.41, 5.74) is 4.20. The molecule has 1 atom stereocenters. The smallest absolute Gasteiger partial charge is 0.248 e. The minimum Gasteiger partial charge on any atom is -0.351 e. The van der Waals surface area contributed by atoms with Crippen LogP contribution in [-0.4, -0.2) is 22.8 Å². The molecule has 1 fully saturated rings. The molecule has 1 aromatic carbocycles. The van der Waals surface area contributed by atoms with Crippen LogP contribution in [0.4, 0.5) is 5.69 Å². The quantitative estimate of drug-likeness (QED) is 0.540. The second-order valence-electron chi connectivity index (χ2n) is 9.00. The van der Waals surface area contributed by atoms with Crippen LogP contribution in [0.1, 0.15) is 59.7 Å². The van der Waals surface area contributed by atoms with Crippen LogP contribution >= 0.6 is 11.3 Å². The number of carbonyl (C=O) groups excluding carboxylic acids is 2. The first-order valence-corrected chi connectivity index (χ1v) is 12.7. The van der Waals surface area contributed by atoms with E-state index in [9.17, 15) is 9.59 Å². The molecule has 1 N–H and O–H groups in total. The zero-order valence-electron chi connectivity index (χ0n) is 18.7. The van der Waals surface area contributed by atoms with Gasteiger partial charge in [0.05, 0.1) is 6.42 Å². The van der Waals surface area contributed by atoms with Crippen molar-refractivity contribution in [1.29, 1.82) is 0 Å². The summed E-state index contributed by atoms with van der Waals surface area (Å²) in [5.74, 6) is -0.188. The van der Waals surface area contributed by atoms with Gasteiger partial charge in [0.15, 0.2) is 0 Å². The molecule has 0 spiro atoms. The number of aromatic nitrogens is 1. The van der Waals surface area contributed by atoms with E-state index >= 15 is 0 Å². The summed E-state index contributed by atoms with van der Waals surface area (Å²) < 4.78 is 0. The van der Waals surface area contributed by atoms with Crippen molar-refractivity contribution >= 4 is 28.8 Å². The molecular weight excluding hydrogens is 430 g/mol. The molecule has 0 radical (unpaired) electrons. The van der Waals surface area contributed by atoms with E-state index in [1.54, 1.807) is 28.6 Å². The number of fused-ring (bicyclic) bond motifs is 1. The Hall–Kier alpha value is -2.99. The topological polar surface area (TPSA) is 62.3 Å². The fourth-order valence-electron chi connectivity index (χ4n) is 5.11. The number of nitrogens with zero attached hydrogens (tertiary/aromatic N) is 2. The molecule has 5 nitrogen and oxygen atoms in total. The molecule has 0 aliphatic heterocycles. The van der Waals surface area contributed by atoms with Gasteiger partial charge in [0.1, 0.15) is 6.04 Å². The van der Waals surface area contributed by atoms with Crippen molar-refractivity contribution in [1.82, 2.24) is 10.3 Å². The minimum atomic E-state index is -0.736. The lowest BCUT2D eigenvalue weighted by Gasteiger charge is -2.32. The zero-order chi connectivity index (χ0) is 22.6. The molecule has 2 aromatic heterocycles. The van der Waals surface area contributed by atoms with Crippen LogP contribution in [-0.2, 0) is 28.9 Å². The molecule has 0 bridgehead atoms. The Morgan fingerprint density at radius 1 is 1.03 bits per heavy atom. The van der Waals surface area contributed by atoms with E-state index in [0.29, 0.717) is 0 Å². The number of aryl methyl sites for hydroxylation is 2. The zero-order valence-corrected chi connectivity index (χ0v) is 19.5. The molecule has 5 rings (SSSR count). The summed E-state index contributed by atoms with van der Waals surface area (Å²) in [6, 6.07) is 13.3. The summed E-state index contributed by atoms with van der Waals surface area (Å²) >= 11 is 1.57. The molecule has 2 amide bonds. The number of carbonyl (C=O) groups is 2. The van der Waals surface area contributed by atoms with Crippen molar-refractivity contribution in [2.45, 2.75) is 63.5 Å². The lowest BCUT2D eigenvalue weighted by molar-refractivity contribution is -0.127. The van der Waals surface area contributed by atoms with Gasteiger partial charge in [-0.15, -0.1) is 11.3 Å². The van der Waals surface area contributed by atoms with Crippen molar-refractivity contribution < 1.29 is 9.59 Å². The fourth-order valence-corrected chi connectivity index (χ4v) is 5.80. The van der Waals surface area contributed by atoms with Crippen LogP contribution in [0.2, 0.25) is 0 Å². The first-order chi connectivity index (χ1) is 16.2. The Kier molecular flexibility index (Phi) is 6.53. The van der Waals surface area contributed by atoms with Gasteiger partial charge >= 0.3 is 0 Å². The van der Waals surface area contributed by atoms with E-state index < -0.39 is 6.04 Å². The summed E-state index contributed by atoms with van der Waals surface area (Å²) in [5, 5.41) is 5.22. The SMILES string of the molecule is O=C(NC1CCCC1)[C@H](c1ccncc1)N(C(=O)Cc1cccs1)c1ccc2c(c1)CCC2. The van der Waals surface area contributed by atoms with Gasteiger partial charge in [-0.05, 0) is 84.5 Å². The summed E-state index contributed by atoms with van der Waals surface area (Å²) in [7, 11) is 0. The molecule has 2 aliphatic rings. The second-order valence-corrected chi connectivity index (χ2v) is 10.0. The summed E-state index contributed by atoms with van der Waals surface area (Å²) in [4.78, 5) is 34.4. The Morgan fingerprint density at radius 3 is 2.58 bits per heavy atom. The van der Waals surface area contributed by atoms with E-state index in [1.807, 2.05) is 35.7 Å². The molecular formula is C27H29N3O2S. The standard InChI is InChI=1S/C27H29N3O2S/c31-25(18-24-9-4-16-33-24)30(23-11-10-19-5-3-6-21(19)17-23)26(20-12-14-28-15-13-20)27(32)29-22-7-1-2-8-22/h4,9-17,22,26H,1-3,5-8,18H2,(H,29,32)/t26-/m0/s1. The summed E-state index contributed by atoms with van der Waals surface area (Å²) in [6.45, 7) is 0. The Bertz CT molecular complexity index is 1110. The van der Waals surface area contributed by atoms with Crippen molar-refractivity contribution in [2.24, 2.45) is 0 Å². The van der Waals surface area contributed by atoms with Gasteiger partial charge in [-0.2, -0.15) is 0 Å². The minimum absolute atomic E-state index is 0.0706. The van der Waals surface area contributed by atoms with Gasteiger partial charge in [0, 0.05) is 29.0 Å². The number of hydrogen-bond acceptors (Lipinski definition) is 4. The van der Waals surface area contributed by atoms with Gasteiger partial charge in [0.25, 0.3) is 0 Å². The van der Waals surface area contributed by atoms with Crippen molar-refractivity contribution in [3.8, 4) is 0 Å². The third kappa shape index (κ3) is 4.86. The lowest BCUT2D eigenvalue weighted by atomic mass is 10.0. The summed E-state index contributed by atoms with van der Waals surface area (Å²) in [6.07, 6.45) is 11.1. The molecule has 170 valence electrons. The number of anilines is 1. The van der Waals surface area contributed by atoms with Crippen LogP contribution in [0.3, 0.4) is 0 Å². The monoisotopic (exact) mass is 459 g/mol. The van der Waals surface area contributed by atoms with Crippen LogP contribution in [0.25, 0.3) is 0 Å². The van der Waals surface area contributed by atoms with Gasteiger partial charge in [-0.25, -0.2) is 0 Å². The number of thiophene rings is 1. The van der Waals surface area contributed by atoms with E-state index in [1.165, 1.54) is 11.1 Å². The van der Waals surface area contributed by atoms with Crippen LogP contribution in [0.5, 0.6) is 0 Å². The highest BCUT2D eigenvalue weighted by Crippen LogP contribution is 2.33. The van der Waals surface area contributed by atoms with Crippen molar-refractivity contribution in [3.63, 3.8) is 0 Å². The van der Waals surface area contributed by atoms with E-state index in [4.69, 9.17) is 0 Å².